The number of ketones is 1. The topological polar surface area (TPSA) is 32.7 Å². The number of hydrogen-bond acceptors (Lipinski definition) is 2. The van der Waals surface area contributed by atoms with Gasteiger partial charge in [-0.25, -0.2) is 4.99 Å². The predicted octanol–water partition coefficient (Wildman–Crippen LogP) is 7.83. The monoisotopic (exact) mass is 464 g/mol. The quantitative estimate of drug-likeness (QED) is 0.193. The molecule has 3 aromatic rings. The third-order valence-electron chi connectivity index (χ3n) is 6.99. The second-order valence-corrected chi connectivity index (χ2v) is 9.49. The summed E-state index contributed by atoms with van der Waals surface area (Å²) in [5.41, 5.74) is 6.49. The molecule has 0 amide bonds. The third-order valence-corrected chi connectivity index (χ3v) is 6.99. The first kappa shape index (κ1) is 24.7. The van der Waals surface area contributed by atoms with Crippen molar-refractivity contribution < 1.29 is 4.79 Å². The summed E-state index contributed by atoms with van der Waals surface area (Å²) in [6.07, 6.45) is 6.03. The fourth-order valence-electron chi connectivity index (χ4n) is 4.68. The van der Waals surface area contributed by atoms with E-state index in [-0.39, 0.29) is 11.7 Å². The molecule has 0 N–H and O–H groups in total. The Balaban J connectivity index is 1.60. The van der Waals surface area contributed by atoms with Crippen LogP contribution in [0.2, 0.25) is 0 Å². The molecule has 1 aliphatic heterocycles. The van der Waals surface area contributed by atoms with Crippen LogP contribution in [-0.4, -0.2) is 29.6 Å². The molecule has 3 nitrogen and oxygen atoms in total. The first-order valence-corrected chi connectivity index (χ1v) is 12.8. The Bertz CT molecular complexity index is 1170. The lowest BCUT2D eigenvalue weighted by atomic mass is 9.84. The standard InChI is InChI=1S/C32H36N2O/c1-4-26(23-33-25(3)34-20-8-9-21-34)22-31(29-14-12-24(2)13-15-29)32(35)30-18-16-28(17-19-30)27-10-6-5-7-11-27/h5-7,10-19,23,31H,4,8-9,20-22H2,1-3H3/b26-23+,33-25?. The Labute approximate surface area is 210 Å². The summed E-state index contributed by atoms with van der Waals surface area (Å²) in [5.74, 6) is 1.00. The van der Waals surface area contributed by atoms with Crippen molar-refractivity contribution in [2.24, 2.45) is 4.99 Å². The van der Waals surface area contributed by atoms with E-state index in [1.54, 1.807) is 0 Å². The van der Waals surface area contributed by atoms with E-state index in [1.807, 2.05) is 36.5 Å². The van der Waals surface area contributed by atoms with Crippen molar-refractivity contribution in [1.29, 1.82) is 0 Å². The minimum Gasteiger partial charge on any atom is -0.360 e. The van der Waals surface area contributed by atoms with E-state index in [2.05, 4.69) is 74.2 Å². The zero-order chi connectivity index (χ0) is 24.6. The van der Waals surface area contributed by atoms with E-state index in [9.17, 15) is 4.79 Å². The molecule has 1 unspecified atom stereocenters. The molecule has 1 fully saturated rings. The van der Waals surface area contributed by atoms with Crippen LogP contribution in [0.15, 0.2) is 95.6 Å². The van der Waals surface area contributed by atoms with Gasteiger partial charge in [-0.2, -0.15) is 0 Å². The number of aryl methyl sites for hydroxylation is 1. The summed E-state index contributed by atoms with van der Waals surface area (Å²) in [6.45, 7) is 8.50. The molecule has 0 radical (unpaired) electrons. The van der Waals surface area contributed by atoms with E-state index in [4.69, 9.17) is 4.99 Å². The van der Waals surface area contributed by atoms with Gasteiger partial charge < -0.3 is 4.90 Å². The summed E-state index contributed by atoms with van der Waals surface area (Å²) in [5, 5.41) is 0. The highest BCUT2D eigenvalue weighted by Crippen LogP contribution is 2.30. The average molecular weight is 465 g/mol. The van der Waals surface area contributed by atoms with Crippen molar-refractivity contribution in [3.8, 4) is 11.1 Å². The largest absolute Gasteiger partial charge is 0.360 e. The van der Waals surface area contributed by atoms with Gasteiger partial charge in [-0.3, -0.25) is 4.79 Å². The van der Waals surface area contributed by atoms with Crippen LogP contribution in [0, 0.1) is 6.92 Å². The van der Waals surface area contributed by atoms with Crippen LogP contribution in [0.25, 0.3) is 11.1 Å². The molecule has 3 heteroatoms. The molecule has 1 atom stereocenters. The van der Waals surface area contributed by atoms with E-state index >= 15 is 0 Å². The summed E-state index contributed by atoms with van der Waals surface area (Å²) >= 11 is 0. The molecule has 35 heavy (non-hydrogen) atoms. The van der Waals surface area contributed by atoms with E-state index in [0.29, 0.717) is 6.42 Å². The first-order chi connectivity index (χ1) is 17.0. The van der Waals surface area contributed by atoms with Crippen LogP contribution in [-0.2, 0) is 0 Å². The summed E-state index contributed by atoms with van der Waals surface area (Å²) in [7, 11) is 0. The zero-order valence-electron chi connectivity index (χ0n) is 21.2. The van der Waals surface area contributed by atoms with E-state index in [1.165, 1.54) is 24.0 Å². The summed E-state index contributed by atoms with van der Waals surface area (Å²) in [6, 6.07) is 26.7. The first-order valence-electron chi connectivity index (χ1n) is 12.8. The molecule has 0 aromatic heterocycles. The molecule has 0 bridgehead atoms. The minimum atomic E-state index is -0.230. The maximum Gasteiger partial charge on any atom is 0.170 e. The van der Waals surface area contributed by atoms with Gasteiger partial charge in [-0.1, -0.05) is 96.9 Å². The van der Waals surface area contributed by atoms with Gasteiger partial charge >= 0.3 is 0 Å². The van der Waals surface area contributed by atoms with Gasteiger partial charge in [0, 0.05) is 24.9 Å². The molecule has 1 saturated heterocycles. The summed E-state index contributed by atoms with van der Waals surface area (Å²) < 4.78 is 0. The minimum absolute atomic E-state index is 0.160. The smallest absolute Gasteiger partial charge is 0.170 e. The lowest BCUT2D eigenvalue weighted by molar-refractivity contribution is 0.0958. The van der Waals surface area contributed by atoms with E-state index < -0.39 is 0 Å². The number of carbonyl (C=O) groups is 1. The molecule has 180 valence electrons. The number of rotatable bonds is 8. The third kappa shape index (κ3) is 6.36. The maximum absolute atomic E-state index is 13.8. The van der Waals surface area contributed by atoms with Crippen molar-refractivity contribution in [3.63, 3.8) is 0 Å². The highest BCUT2D eigenvalue weighted by atomic mass is 16.1. The van der Waals surface area contributed by atoms with Crippen molar-refractivity contribution in [2.75, 3.05) is 13.1 Å². The van der Waals surface area contributed by atoms with Crippen LogP contribution in [0.3, 0.4) is 0 Å². The molecule has 0 aliphatic carbocycles. The van der Waals surface area contributed by atoms with Crippen LogP contribution in [0.1, 0.15) is 66.9 Å². The molecule has 1 aliphatic rings. The van der Waals surface area contributed by atoms with Crippen LogP contribution >= 0.6 is 0 Å². The lowest BCUT2D eigenvalue weighted by Crippen LogP contribution is -2.24. The van der Waals surface area contributed by atoms with Gasteiger partial charge in [0.2, 0.25) is 0 Å². The average Bonchev–Trinajstić information content (AvgIpc) is 3.45. The highest BCUT2D eigenvalue weighted by Gasteiger charge is 2.23. The van der Waals surface area contributed by atoms with Crippen molar-refractivity contribution in [3.05, 3.63) is 107 Å². The van der Waals surface area contributed by atoms with Gasteiger partial charge in [0.1, 0.15) is 5.84 Å². The van der Waals surface area contributed by atoms with Gasteiger partial charge in [0.15, 0.2) is 5.78 Å². The number of carbonyl (C=O) groups excluding carboxylic acids is 1. The SMILES string of the molecule is CC/C(=C\N=C(C)N1CCCC1)CC(C(=O)c1ccc(-c2ccccc2)cc1)c1ccc(C)cc1. The fourth-order valence-corrected chi connectivity index (χ4v) is 4.68. The summed E-state index contributed by atoms with van der Waals surface area (Å²) in [4.78, 5) is 20.9. The Kier molecular flexibility index (Phi) is 8.31. The molecular formula is C32H36N2O. The maximum atomic E-state index is 13.8. The van der Waals surface area contributed by atoms with Crippen LogP contribution < -0.4 is 0 Å². The zero-order valence-corrected chi connectivity index (χ0v) is 21.2. The highest BCUT2D eigenvalue weighted by molar-refractivity contribution is 6.01. The molecule has 3 aromatic carbocycles. The number of Topliss-reactive ketones (excluding diaryl/α,β-unsaturated/α-hetero) is 1. The van der Waals surface area contributed by atoms with E-state index in [0.717, 1.165) is 47.6 Å². The molecule has 0 saturated carbocycles. The van der Waals surface area contributed by atoms with Crippen LogP contribution in [0.4, 0.5) is 0 Å². The number of amidine groups is 1. The Morgan fingerprint density at radius 1 is 0.914 bits per heavy atom. The number of nitrogens with zero attached hydrogens (tertiary/aromatic N) is 2. The Hall–Kier alpha value is -3.46. The second-order valence-electron chi connectivity index (χ2n) is 9.49. The van der Waals surface area contributed by atoms with Gasteiger partial charge in [-0.15, -0.1) is 0 Å². The van der Waals surface area contributed by atoms with Crippen LogP contribution in [0.5, 0.6) is 0 Å². The molecule has 4 rings (SSSR count). The number of aliphatic imine (C=N–C) groups is 1. The number of hydrogen-bond donors (Lipinski definition) is 0. The molecular weight excluding hydrogens is 428 g/mol. The van der Waals surface area contributed by atoms with Crippen molar-refractivity contribution in [2.45, 2.75) is 52.4 Å². The Morgan fingerprint density at radius 2 is 1.54 bits per heavy atom. The van der Waals surface area contributed by atoms with Gasteiger partial charge in [0.25, 0.3) is 0 Å². The van der Waals surface area contributed by atoms with Crippen molar-refractivity contribution in [1.82, 2.24) is 4.90 Å². The number of benzene rings is 3. The number of allylic oxidation sites excluding steroid dienone is 1. The molecule has 1 heterocycles. The van der Waals surface area contributed by atoms with Crippen molar-refractivity contribution >= 4 is 11.6 Å². The second kappa shape index (κ2) is 11.8. The predicted molar refractivity (Wildman–Crippen MR) is 147 cm³/mol. The van der Waals surface area contributed by atoms with Gasteiger partial charge in [0.05, 0.1) is 5.92 Å². The van der Waals surface area contributed by atoms with Gasteiger partial charge in [-0.05, 0) is 56.2 Å². The molecule has 0 spiro atoms. The lowest BCUT2D eigenvalue weighted by Gasteiger charge is -2.19. The fraction of sp³-hybridized carbons (Fsp3) is 0.312. The number of likely N-dealkylation sites (tertiary alicyclic amines) is 1. The Morgan fingerprint density at radius 3 is 2.17 bits per heavy atom. The normalized spacial score (nSPS) is 15.3.